The molecule has 0 aromatic heterocycles. The third-order valence-electron chi connectivity index (χ3n) is 5.41. The highest BCUT2D eigenvalue weighted by molar-refractivity contribution is 5.95. The van der Waals surface area contributed by atoms with E-state index in [9.17, 15) is 4.79 Å². The molecule has 5 nitrogen and oxygen atoms in total. The molecule has 1 atom stereocenters. The van der Waals surface area contributed by atoms with Crippen molar-refractivity contribution in [3.05, 3.63) is 29.3 Å². The van der Waals surface area contributed by atoms with Gasteiger partial charge in [0.15, 0.2) is 0 Å². The van der Waals surface area contributed by atoms with Crippen LogP contribution in [0.1, 0.15) is 49.0 Å². The standard InChI is InChI=1S/C19H25NO4/c1-18(2)12-14-4-3-13(11-15(14)24-18)17(21)20-16-5-8-23-19(16)6-9-22-10-7-19/h3-4,11,16H,5-10,12H2,1-2H3,(H,20,21). The van der Waals surface area contributed by atoms with Crippen LogP contribution in [0.3, 0.4) is 0 Å². The molecule has 4 rings (SSSR count). The lowest BCUT2D eigenvalue weighted by molar-refractivity contribution is -0.0872. The van der Waals surface area contributed by atoms with Crippen LogP contribution in [0.4, 0.5) is 0 Å². The molecular weight excluding hydrogens is 306 g/mol. The first-order valence-electron chi connectivity index (χ1n) is 8.82. The molecule has 1 spiro atoms. The van der Waals surface area contributed by atoms with Crippen LogP contribution in [0.2, 0.25) is 0 Å². The molecule has 0 saturated carbocycles. The van der Waals surface area contributed by atoms with Crippen molar-refractivity contribution < 1.29 is 19.0 Å². The molecule has 5 heteroatoms. The van der Waals surface area contributed by atoms with Crippen molar-refractivity contribution in [1.29, 1.82) is 0 Å². The van der Waals surface area contributed by atoms with E-state index in [0.29, 0.717) is 25.4 Å². The Balaban J connectivity index is 1.49. The first kappa shape index (κ1) is 15.9. The van der Waals surface area contributed by atoms with Crippen molar-refractivity contribution in [1.82, 2.24) is 5.32 Å². The molecule has 2 saturated heterocycles. The summed E-state index contributed by atoms with van der Waals surface area (Å²) in [7, 11) is 0. The molecule has 3 heterocycles. The summed E-state index contributed by atoms with van der Waals surface area (Å²) < 4.78 is 17.4. The zero-order valence-corrected chi connectivity index (χ0v) is 14.4. The lowest BCUT2D eigenvalue weighted by atomic mass is 9.86. The van der Waals surface area contributed by atoms with Crippen LogP contribution in [-0.4, -0.2) is 43.0 Å². The third kappa shape index (κ3) is 2.80. The van der Waals surface area contributed by atoms with Gasteiger partial charge in [-0.1, -0.05) is 6.07 Å². The highest BCUT2D eigenvalue weighted by Crippen LogP contribution is 2.37. The van der Waals surface area contributed by atoms with Crippen molar-refractivity contribution >= 4 is 5.91 Å². The Bertz CT molecular complexity index is 649. The third-order valence-corrected chi connectivity index (χ3v) is 5.41. The number of carbonyl (C=O) groups excluding carboxylic acids is 1. The molecule has 1 unspecified atom stereocenters. The second kappa shape index (κ2) is 5.74. The Morgan fingerprint density at radius 1 is 1.21 bits per heavy atom. The number of rotatable bonds is 2. The Hall–Kier alpha value is -1.59. The monoisotopic (exact) mass is 331 g/mol. The first-order valence-corrected chi connectivity index (χ1v) is 8.82. The average Bonchev–Trinajstić information content (AvgIpc) is 3.06. The number of hydrogen-bond acceptors (Lipinski definition) is 4. The number of ether oxygens (including phenoxy) is 3. The van der Waals surface area contributed by atoms with Gasteiger partial charge < -0.3 is 19.5 Å². The molecule has 0 radical (unpaired) electrons. The molecule has 0 aliphatic carbocycles. The van der Waals surface area contributed by atoms with E-state index in [-0.39, 0.29) is 23.2 Å². The maximum atomic E-state index is 12.7. The molecule has 3 aliphatic rings. The molecule has 24 heavy (non-hydrogen) atoms. The van der Waals surface area contributed by atoms with Crippen LogP contribution in [0.15, 0.2) is 18.2 Å². The van der Waals surface area contributed by atoms with Crippen LogP contribution >= 0.6 is 0 Å². The normalized spacial score (nSPS) is 26.8. The summed E-state index contributed by atoms with van der Waals surface area (Å²) in [6.45, 7) is 6.24. The van der Waals surface area contributed by atoms with Crippen LogP contribution in [0, 0.1) is 0 Å². The van der Waals surface area contributed by atoms with Crippen LogP contribution in [0.25, 0.3) is 0 Å². The minimum Gasteiger partial charge on any atom is -0.487 e. The van der Waals surface area contributed by atoms with Crippen LogP contribution < -0.4 is 10.1 Å². The summed E-state index contributed by atoms with van der Waals surface area (Å²) in [5, 5.41) is 3.19. The van der Waals surface area contributed by atoms with Crippen molar-refractivity contribution in [2.24, 2.45) is 0 Å². The lowest BCUT2D eigenvalue weighted by Gasteiger charge is -2.37. The Labute approximate surface area is 142 Å². The van der Waals surface area contributed by atoms with Crippen LogP contribution in [-0.2, 0) is 15.9 Å². The Kier molecular flexibility index (Phi) is 3.81. The fraction of sp³-hybridized carbons (Fsp3) is 0.632. The molecule has 1 amide bonds. The summed E-state index contributed by atoms with van der Waals surface area (Å²) in [4.78, 5) is 12.7. The zero-order valence-electron chi connectivity index (χ0n) is 14.4. The van der Waals surface area contributed by atoms with Crippen molar-refractivity contribution in [2.45, 2.75) is 56.8 Å². The Morgan fingerprint density at radius 3 is 2.79 bits per heavy atom. The quantitative estimate of drug-likeness (QED) is 0.904. The number of nitrogens with one attached hydrogen (secondary N) is 1. The minimum atomic E-state index is -0.247. The SMILES string of the molecule is CC1(C)Cc2ccc(C(=O)NC3CCOC34CCOCC4)cc2O1. The molecule has 1 aromatic rings. The second-order valence-electron chi connectivity index (χ2n) is 7.70. The predicted molar refractivity (Wildman–Crippen MR) is 89.5 cm³/mol. The summed E-state index contributed by atoms with van der Waals surface area (Å²) in [6.07, 6.45) is 3.43. The summed E-state index contributed by atoms with van der Waals surface area (Å²) >= 11 is 0. The van der Waals surface area contributed by atoms with E-state index in [1.807, 2.05) is 18.2 Å². The molecule has 130 valence electrons. The highest BCUT2D eigenvalue weighted by atomic mass is 16.5. The smallest absolute Gasteiger partial charge is 0.251 e. The first-order chi connectivity index (χ1) is 11.5. The zero-order chi connectivity index (χ0) is 16.8. The number of amides is 1. The van der Waals surface area contributed by atoms with Gasteiger partial charge in [0, 0.05) is 44.6 Å². The fourth-order valence-corrected chi connectivity index (χ4v) is 4.13. The number of hydrogen-bond donors (Lipinski definition) is 1. The minimum absolute atomic E-state index is 0.0486. The van der Waals surface area contributed by atoms with Gasteiger partial charge in [0.1, 0.15) is 11.4 Å². The van der Waals surface area contributed by atoms with Gasteiger partial charge in [-0.25, -0.2) is 0 Å². The summed E-state index contributed by atoms with van der Waals surface area (Å²) in [5.41, 5.74) is 1.38. The molecule has 1 aromatic carbocycles. The molecule has 2 fully saturated rings. The predicted octanol–water partition coefficient (Wildman–Crippen LogP) is 2.47. The number of fused-ring (bicyclic) bond motifs is 1. The van der Waals surface area contributed by atoms with Crippen LogP contribution in [0.5, 0.6) is 5.75 Å². The fourth-order valence-electron chi connectivity index (χ4n) is 4.13. The van der Waals surface area contributed by atoms with Gasteiger partial charge >= 0.3 is 0 Å². The van der Waals surface area contributed by atoms with E-state index in [0.717, 1.165) is 31.4 Å². The van der Waals surface area contributed by atoms with Crippen molar-refractivity contribution in [3.8, 4) is 5.75 Å². The average molecular weight is 331 g/mol. The van der Waals surface area contributed by atoms with E-state index in [1.54, 1.807) is 0 Å². The number of benzene rings is 1. The van der Waals surface area contributed by atoms with Gasteiger partial charge in [-0.2, -0.15) is 0 Å². The van der Waals surface area contributed by atoms with Crippen molar-refractivity contribution in [3.63, 3.8) is 0 Å². The van der Waals surface area contributed by atoms with Gasteiger partial charge in [0.2, 0.25) is 0 Å². The maximum Gasteiger partial charge on any atom is 0.251 e. The van der Waals surface area contributed by atoms with Gasteiger partial charge in [-0.15, -0.1) is 0 Å². The summed E-state index contributed by atoms with van der Waals surface area (Å²) in [6, 6.07) is 5.82. The second-order valence-corrected chi connectivity index (χ2v) is 7.70. The Morgan fingerprint density at radius 2 is 2.00 bits per heavy atom. The van der Waals surface area contributed by atoms with Gasteiger partial charge in [0.25, 0.3) is 5.91 Å². The van der Waals surface area contributed by atoms with E-state index in [2.05, 4.69) is 19.2 Å². The lowest BCUT2D eigenvalue weighted by Crippen LogP contribution is -2.52. The summed E-state index contributed by atoms with van der Waals surface area (Å²) in [5.74, 6) is 0.781. The van der Waals surface area contributed by atoms with Gasteiger partial charge in [0.05, 0.1) is 11.6 Å². The van der Waals surface area contributed by atoms with Gasteiger partial charge in [-0.3, -0.25) is 4.79 Å². The highest BCUT2D eigenvalue weighted by Gasteiger charge is 2.46. The van der Waals surface area contributed by atoms with Gasteiger partial charge in [-0.05, 0) is 38.0 Å². The maximum absolute atomic E-state index is 12.7. The van der Waals surface area contributed by atoms with E-state index in [4.69, 9.17) is 14.2 Å². The molecule has 1 N–H and O–H groups in total. The van der Waals surface area contributed by atoms with E-state index in [1.165, 1.54) is 5.56 Å². The van der Waals surface area contributed by atoms with E-state index < -0.39 is 0 Å². The molecule has 0 bridgehead atoms. The van der Waals surface area contributed by atoms with Crippen molar-refractivity contribution in [2.75, 3.05) is 19.8 Å². The van der Waals surface area contributed by atoms with E-state index >= 15 is 0 Å². The molecular formula is C19H25NO4. The largest absolute Gasteiger partial charge is 0.487 e. The number of carbonyl (C=O) groups is 1. The topological polar surface area (TPSA) is 56.8 Å². The molecule has 3 aliphatic heterocycles.